The average Bonchev–Trinajstić information content (AvgIpc) is 2.87. The van der Waals surface area contributed by atoms with E-state index in [1.165, 1.54) is 0 Å². The molecule has 8 heteroatoms. The highest BCUT2D eigenvalue weighted by molar-refractivity contribution is 7.21. The van der Waals surface area contributed by atoms with Crippen LogP contribution in [0.2, 0.25) is 0 Å². The lowest BCUT2D eigenvalue weighted by molar-refractivity contribution is -0.137. The van der Waals surface area contributed by atoms with Gasteiger partial charge in [-0.05, 0) is 12.1 Å². The molecule has 0 atom stereocenters. The van der Waals surface area contributed by atoms with E-state index < -0.39 is 11.9 Å². The fraction of sp³-hybridized carbons (Fsp3) is 0.143. The Hall–Kier alpha value is -2.32. The van der Waals surface area contributed by atoms with Crippen molar-refractivity contribution in [1.29, 1.82) is 0 Å². The maximum absolute atomic E-state index is 10.8. The van der Waals surface area contributed by atoms with Gasteiger partial charge in [0.1, 0.15) is 11.5 Å². The molecule has 0 spiro atoms. The molecule has 0 aliphatic carbocycles. The normalized spacial score (nSPS) is 11.3. The van der Waals surface area contributed by atoms with Crippen LogP contribution in [0.25, 0.3) is 20.2 Å². The first kappa shape index (κ1) is 14.6. The van der Waals surface area contributed by atoms with E-state index in [1.807, 2.05) is 0 Å². The predicted octanol–water partition coefficient (Wildman–Crippen LogP) is 2.78. The summed E-state index contributed by atoms with van der Waals surface area (Å²) >= 11 is 2.29. The van der Waals surface area contributed by atoms with Crippen molar-refractivity contribution in [2.24, 2.45) is 0 Å². The van der Waals surface area contributed by atoms with Crippen LogP contribution in [0.3, 0.4) is 0 Å². The third-order valence-corrected chi connectivity index (χ3v) is 5.49. The van der Waals surface area contributed by atoms with Gasteiger partial charge in [0.15, 0.2) is 0 Å². The van der Waals surface area contributed by atoms with E-state index in [0.717, 1.165) is 22.7 Å². The third-order valence-electron chi connectivity index (χ3n) is 3.21. The Bertz CT molecular complexity index is 844. The molecule has 0 aliphatic rings. The zero-order valence-electron chi connectivity index (χ0n) is 11.0. The second kappa shape index (κ2) is 5.15. The molecule has 0 saturated carbocycles. The first-order valence-electron chi connectivity index (χ1n) is 6.19. The molecule has 3 rings (SSSR count). The SMILES string of the molecule is O=C(O)Cc1sc2cc3c(O)c(CC(=O)O)sc3cc2c1O. The zero-order chi connectivity index (χ0) is 16.0. The molecule has 0 fully saturated rings. The van der Waals surface area contributed by atoms with Gasteiger partial charge in [-0.15, -0.1) is 22.7 Å². The molecule has 6 nitrogen and oxygen atoms in total. The number of hydrogen-bond acceptors (Lipinski definition) is 6. The highest BCUT2D eigenvalue weighted by Crippen LogP contribution is 2.44. The Kier molecular flexibility index (Phi) is 3.42. The number of thiophene rings is 2. The largest absolute Gasteiger partial charge is 0.506 e. The molecule has 2 heterocycles. The molecule has 4 N–H and O–H groups in total. The minimum absolute atomic E-state index is 0.0722. The number of carboxylic acids is 2. The molecule has 1 aromatic carbocycles. The van der Waals surface area contributed by atoms with Gasteiger partial charge in [-0.2, -0.15) is 0 Å². The van der Waals surface area contributed by atoms with Crippen LogP contribution in [-0.4, -0.2) is 32.4 Å². The van der Waals surface area contributed by atoms with Gasteiger partial charge in [0.05, 0.1) is 22.6 Å². The smallest absolute Gasteiger partial charge is 0.308 e. The second-order valence-corrected chi connectivity index (χ2v) is 7.01. The molecular formula is C14H10O6S2. The van der Waals surface area contributed by atoms with Crippen LogP contribution in [0.5, 0.6) is 11.5 Å². The number of benzene rings is 1. The Morgan fingerprint density at radius 3 is 1.50 bits per heavy atom. The molecule has 0 aliphatic heterocycles. The maximum atomic E-state index is 10.8. The Morgan fingerprint density at radius 1 is 0.818 bits per heavy atom. The molecular weight excluding hydrogens is 328 g/mol. The van der Waals surface area contributed by atoms with E-state index in [0.29, 0.717) is 29.9 Å². The summed E-state index contributed by atoms with van der Waals surface area (Å²) in [5.41, 5.74) is 0. The van der Waals surface area contributed by atoms with E-state index >= 15 is 0 Å². The second-order valence-electron chi connectivity index (χ2n) is 4.73. The molecule has 2 aromatic heterocycles. The molecule has 0 unspecified atom stereocenters. The highest BCUT2D eigenvalue weighted by Gasteiger charge is 2.19. The quantitative estimate of drug-likeness (QED) is 0.581. The molecule has 0 bridgehead atoms. The number of aliphatic carboxylic acids is 2. The van der Waals surface area contributed by atoms with E-state index in [2.05, 4.69) is 0 Å². The van der Waals surface area contributed by atoms with E-state index in [1.54, 1.807) is 12.1 Å². The van der Waals surface area contributed by atoms with Crippen molar-refractivity contribution in [3.05, 3.63) is 21.9 Å². The average molecular weight is 338 g/mol. The van der Waals surface area contributed by atoms with Gasteiger partial charge >= 0.3 is 11.9 Å². The third kappa shape index (κ3) is 2.36. The van der Waals surface area contributed by atoms with Gasteiger partial charge in [-0.1, -0.05) is 0 Å². The summed E-state index contributed by atoms with van der Waals surface area (Å²) in [5.74, 6) is -2.21. The summed E-state index contributed by atoms with van der Waals surface area (Å²) in [6, 6.07) is 3.30. The Morgan fingerprint density at radius 2 is 1.18 bits per heavy atom. The number of carboxylic acid groups (broad SMARTS) is 2. The first-order valence-corrected chi connectivity index (χ1v) is 7.82. The number of carbonyl (C=O) groups is 2. The molecule has 22 heavy (non-hydrogen) atoms. The standard InChI is InChI=1S/C14H10O6S2/c15-11(16)3-9-13(19)5-1-7-6(2-8(5)22-9)14(20)10(21-7)4-12(17)18/h1-2,19-20H,3-4H2,(H,15,16)(H,17,18). The molecule has 0 saturated heterocycles. The number of hydrogen-bond donors (Lipinski definition) is 4. The Labute approximate surface area is 131 Å². The van der Waals surface area contributed by atoms with Crippen LogP contribution in [0.15, 0.2) is 12.1 Å². The van der Waals surface area contributed by atoms with Gasteiger partial charge in [0.25, 0.3) is 0 Å². The number of rotatable bonds is 4. The van der Waals surface area contributed by atoms with Crippen molar-refractivity contribution in [1.82, 2.24) is 0 Å². The van der Waals surface area contributed by atoms with Gasteiger partial charge in [-0.25, -0.2) is 0 Å². The van der Waals surface area contributed by atoms with Gasteiger partial charge in [0.2, 0.25) is 0 Å². The summed E-state index contributed by atoms with van der Waals surface area (Å²) in [4.78, 5) is 22.3. The van der Waals surface area contributed by atoms with Gasteiger partial charge < -0.3 is 20.4 Å². The monoisotopic (exact) mass is 338 g/mol. The van der Waals surface area contributed by atoms with E-state index in [-0.39, 0.29) is 24.3 Å². The summed E-state index contributed by atoms with van der Waals surface area (Å²) in [6.07, 6.45) is -0.538. The van der Waals surface area contributed by atoms with Crippen LogP contribution in [0, 0.1) is 0 Å². The minimum atomic E-state index is -1.03. The molecule has 114 valence electrons. The van der Waals surface area contributed by atoms with Crippen LogP contribution in [0.4, 0.5) is 0 Å². The van der Waals surface area contributed by atoms with Crippen molar-refractivity contribution < 1.29 is 30.0 Å². The van der Waals surface area contributed by atoms with Crippen molar-refractivity contribution in [2.75, 3.05) is 0 Å². The van der Waals surface area contributed by atoms with Crippen LogP contribution in [-0.2, 0) is 22.4 Å². The molecule has 3 aromatic rings. The summed E-state index contributed by atoms with van der Waals surface area (Å²) in [7, 11) is 0. The maximum Gasteiger partial charge on any atom is 0.308 e. The molecule has 0 amide bonds. The summed E-state index contributed by atoms with van der Waals surface area (Å²) in [6.45, 7) is 0. The highest BCUT2D eigenvalue weighted by atomic mass is 32.1. The van der Waals surface area contributed by atoms with Crippen molar-refractivity contribution in [3.63, 3.8) is 0 Å². The lowest BCUT2D eigenvalue weighted by Crippen LogP contribution is -1.97. The van der Waals surface area contributed by atoms with Crippen molar-refractivity contribution in [3.8, 4) is 11.5 Å². The van der Waals surface area contributed by atoms with E-state index in [9.17, 15) is 19.8 Å². The fourth-order valence-corrected chi connectivity index (χ4v) is 4.50. The van der Waals surface area contributed by atoms with Crippen molar-refractivity contribution in [2.45, 2.75) is 12.8 Å². The number of aromatic hydroxyl groups is 2. The van der Waals surface area contributed by atoms with Gasteiger partial charge in [-0.3, -0.25) is 9.59 Å². The lowest BCUT2D eigenvalue weighted by Gasteiger charge is -1.94. The van der Waals surface area contributed by atoms with E-state index in [4.69, 9.17) is 10.2 Å². The Balaban J connectivity index is 2.19. The topological polar surface area (TPSA) is 115 Å². The van der Waals surface area contributed by atoms with Crippen LogP contribution in [0.1, 0.15) is 9.75 Å². The summed E-state index contributed by atoms with van der Waals surface area (Å²) < 4.78 is 1.30. The van der Waals surface area contributed by atoms with Crippen LogP contribution < -0.4 is 0 Å². The number of fused-ring (bicyclic) bond motifs is 2. The van der Waals surface area contributed by atoms with Crippen molar-refractivity contribution >= 4 is 54.8 Å². The first-order chi connectivity index (χ1) is 10.4. The lowest BCUT2D eigenvalue weighted by atomic mass is 10.1. The summed E-state index contributed by atoms with van der Waals surface area (Å²) in [5, 5.41) is 38.9. The zero-order valence-corrected chi connectivity index (χ0v) is 12.6. The molecule has 0 radical (unpaired) electrons. The van der Waals surface area contributed by atoms with Crippen LogP contribution >= 0.6 is 22.7 Å². The van der Waals surface area contributed by atoms with Gasteiger partial charge in [0, 0.05) is 20.2 Å². The minimum Gasteiger partial charge on any atom is -0.506 e. The predicted molar refractivity (Wildman–Crippen MR) is 83.2 cm³/mol. The fourth-order valence-electron chi connectivity index (χ4n) is 2.28.